The number of benzene rings is 2. The lowest BCUT2D eigenvalue weighted by atomic mass is 10.2. The summed E-state index contributed by atoms with van der Waals surface area (Å²) in [4.78, 5) is 0. The molecule has 0 N–H and O–H groups in total. The molecule has 0 fully saturated rings. The Kier molecular flexibility index (Phi) is 4.01. The van der Waals surface area contributed by atoms with Gasteiger partial charge in [0.1, 0.15) is 22.8 Å². The predicted molar refractivity (Wildman–Crippen MR) is 78.3 cm³/mol. The van der Waals surface area contributed by atoms with Crippen molar-refractivity contribution in [3.05, 3.63) is 53.6 Å². The summed E-state index contributed by atoms with van der Waals surface area (Å²) in [6.45, 7) is 6.06. The fourth-order valence-corrected chi connectivity index (χ4v) is 1.69. The third kappa shape index (κ3) is 4.49. The Morgan fingerprint density at radius 3 is 1.63 bits per heavy atom. The highest BCUT2D eigenvalue weighted by molar-refractivity contribution is 6.30. The van der Waals surface area contributed by atoms with Crippen molar-refractivity contribution in [2.75, 3.05) is 0 Å². The molecule has 19 heavy (non-hydrogen) atoms. The molecule has 0 aliphatic carbocycles. The number of rotatable bonds is 3. The summed E-state index contributed by atoms with van der Waals surface area (Å²) in [7, 11) is 0. The molecule has 0 aliphatic heterocycles. The van der Waals surface area contributed by atoms with Gasteiger partial charge in [0.05, 0.1) is 0 Å². The van der Waals surface area contributed by atoms with E-state index in [1.54, 1.807) is 12.1 Å². The summed E-state index contributed by atoms with van der Waals surface area (Å²) in [5, 5.41) is 0.696. The van der Waals surface area contributed by atoms with Gasteiger partial charge in [-0.15, -0.1) is 0 Å². The van der Waals surface area contributed by atoms with Crippen LogP contribution in [-0.4, -0.2) is 5.60 Å². The molecular formula is C16H17ClO2. The predicted octanol–water partition coefficient (Wildman–Crippen LogP) is 5.31. The first-order valence-corrected chi connectivity index (χ1v) is 6.53. The van der Waals surface area contributed by atoms with E-state index < -0.39 is 0 Å². The monoisotopic (exact) mass is 276 g/mol. The normalized spacial score (nSPS) is 11.2. The van der Waals surface area contributed by atoms with Crippen LogP contribution < -0.4 is 9.47 Å². The fraction of sp³-hybridized carbons (Fsp3) is 0.250. The molecule has 0 unspecified atom stereocenters. The second-order valence-electron chi connectivity index (χ2n) is 5.24. The van der Waals surface area contributed by atoms with Gasteiger partial charge in [-0.1, -0.05) is 11.6 Å². The van der Waals surface area contributed by atoms with Crippen molar-refractivity contribution in [3.8, 4) is 17.2 Å². The minimum absolute atomic E-state index is 0.196. The Bertz CT molecular complexity index is 524. The average molecular weight is 277 g/mol. The number of hydrogen-bond donors (Lipinski definition) is 0. The molecule has 2 aromatic carbocycles. The van der Waals surface area contributed by atoms with Crippen molar-refractivity contribution in [2.45, 2.75) is 26.4 Å². The van der Waals surface area contributed by atoms with E-state index in [1.807, 2.05) is 57.2 Å². The molecule has 0 bridgehead atoms. The van der Waals surface area contributed by atoms with E-state index in [9.17, 15) is 0 Å². The zero-order chi connectivity index (χ0) is 13.9. The van der Waals surface area contributed by atoms with Crippen LogP contribution in [0.5, 0.6) is 17.2 Å². The van der Waals surface area contributed by atoms with Crippen LogP contribution in [-0.2, 0) is 0 Å². The van der Waals surface area contributed by atoms with Crippen molar-refractivity contribution >= 4 is 11.6 Å². The maximum Gasteiger partial charge on any atom is 0.127 e. The first kappa shape index (κ1) is 13.8. The SMILES string of the molecule is CC(C)(C)Oc1ccc(Oc2ccc(Cl)cc2)cc1. The zero-order valence-corrected chi connectivity index (χ0v) is 12.1. The van der Waals surface area contributed by atoms with Gasteiger partial charge in [0.2, 0.25) is 0 Å². The third-order valence-electron chi connectivity index (χ3n) is 2.30. The summed E-state index contributed by atoms with van der Waals surface area (Å²) in [6, 6.07) is 14.8. The molecule has 0 saturated carbocycles. The van der Waals surface area contributed by atoms with Crippen LogP contribution in [0.3, 0.4) is 0 Å². The largest absolute Gasteiger partial charge is 0.488 e. The lowest BCUT2D eigenvalue weighted by Crippen LogP contribution is -2.22. The van der Waals surface area contributed by atoms with Crippen molar-refractivity contribution in [3.63, 3.8) is 0 Å². The van der Waals surface area contributed by atoms with Gasteiger partial charge in [-0.05, 0) is 69.3 Å². The standard InChI is InChI=1S/C16H17ClO2/c1-16(2,3)19-15-10-8-14(9-11-15)18-13-6-4-12(17)5-7-13/h4-11H,1-3H3. The smallest absolute Gasteiger partial charge is 0.127 e. The van der Waals surface area contributed by atoms with Crippen LogP contribution in [0.15, 0.2) is 48.5 Å². The van der Waals surface area contributed by atoms with E-state index in [0.717, 1.165) is 17.2 Å². The molecule has 0 spiro atoms. The Hall–Kier alpha value is -1.67. The second kappa shape index (κ2) is 5.54. The van der Waals surface area contributed by atoms with Gasteiger partial charge in [0.15, 0.2) is 0 Å². The Labute approximate surface area is 118 Å². The maximum absolute atomic E-state index is 5.82. The average Bonchev–Trinajstić information content (AvgIpc) is 2.33. The number of hydrogen-bond acceptors (Lipinski definition) is 2. The highest BCUT2D eigenvalue weighted by Gasteiger charge is 2.11. The van der Waals surface area contributed by atoms with Crippen molar-refractivity contribution in [1.29, 1.82) is 0 Å². The first-order valence-electron chi connectivity index (χ1n) is 6.15. The van der Waals surface area contributed by atoms with Crippen LogP contribution >= 0.6 is 11.6 Å². The van der Waals surface area contributed by atoms with Gasteiger partial charge in [-0.25, -0.2) is 0 Å². The first-order chi connectivity index (χ1) is 8.92. The second-order valence-corrected chi connectivity index (χ2v) is 5.68. The fourth-order valence-electron chi connectivity index (χ4n) is 1.57. The number of ether oxygens (including phenoxy) is 2. The molecule has 2 aromatic rings. The molecular weight excluding hydrogens is 260 g/mol. The van der Waals surface area contributed by atoms with E-state index in [0.29, 0.717) is 5.02 Å². The van der Waals surface area contributed by atoms with Crippen LogP contribution in [0.2, 0.25) is 5.02 Å². The highest BCUT2D eigenvalue weighted by atomic mass is 35.5. The molecule has 0 heterocycles. The van der Waals surface area contributed by atoms with Crippen molar-refractivity contribution in [2.24, 2.45) is 0 Å². The quantitative estimate of drug-likeness (QED) is 0.756. The minimum Gasteiger partial charge on any atom is -0.488 e. The zero-order valence-electron chi connectivity index (χ0n) is 11.3. The molecule has 3 heteroatoms. The number of halogens is 1. The van der Waals surface area contributed by atoms with Gasteiger partial charge in [0, 0.05) is 5.02 Å². The summed E-state index contributed by atoms with van der Waals surface area (Å²) < 4.78 is 11.5. The van der Waals surface area contributed by atoms with Gasteiger partial charge in [-0.2, -0.15) is 0 Å². The van der Waals surface area contributed by atoms with E-state index in [4.69, 9.17) is 21.1 Å². The van der Waals surface area contributed by atoms with Crippen LogP contribution in [0.1, 0.15) is 20.8 Å². The van der Waals surface area contributed by atoms with E-state index >= 15 is 0 Å². The minimum atomic E-state index is -0.196. The molecule has 0 aromatic heterocycles. The summed E-state index contributed by atoms with van der Waals surface area (Å²) in [5.41, 5.74) is -0.196. The van der Waals surface area contributed by atoms with E-state index in [2.05, 4.69) is 0 Å². The molecule has 0 radical (unpaired) electrons. The van der Waals surface area contributed by atoms with Crippen LogP contribution in [0, 0.1) is 0 Å². The lowest BCUT2D eigenvalue weighted by molar-refractivity contribution is 0.131. The van der Waals surface area contributed by atoms with Crippen LogP contribution in [0.25, 0.3) is 0 Å². The lowest BCUT2D eigenvalue weighted by Gasteiger charge is -2.21. The van der Waals surface area contributed by atoms with Gasteiger partial charge in [-0.3, -0.25) is 0 Å². The third-order valence-corrected chi connectivity index (χ3v) is 2.55. The van der Waals surface area contributed by atoms with E-state index in [-0.39, 0.29) is 5.60 Å². The van der Waals surface area contributed by atoms with Gasteiger partial charge < -0.3 is 9.47 Å². The molecule has 0 aliphatic rings. The van der Waals surface area contributed by atoms with Crippen molar-refractivity contribution < 1.29 is 9.47 Å². The topological polar surface area (TPSA) is 18.5 Å². The Balaban J connectivity index is 2.04. The van der Waals surface area contributed by atoms with Gasteiger partial charge >= 0.3 is 0 Å². The molecule has 0 amide bonds. The molecule has 0 atom stereocenters. The Morgan fingerprint density at radius 2 is 1.16 bits per heavy atom. The Morgan fingerprint density at radius 1 is 0.737 bits per heavy atom. The highest BCUT2D eigenvalue weighted by Crippen LogP contribution is 2.26. The maximum atomic E-state index is 5.82. The van der Waals surface area contributed by atoms with E-state index in [1.165, 1.54) is 0 Å². The van der Waals surface area contributed by atoms with Crippen molar-refractivity contribution in [1.82, 2.24) is 0 Å². The summed E-state index contributed by atoms with van der Waals surface area (Å²) >= 11 is 5.82. The van der Waals surface area contributed by atoms with Gasteiger partial charge in [0.25, 0.3) is 0 Å². The molecule has 2 nitrogen and oxygen atoms in total. The molecule has 0 saturated heterocycles. The van der Waals surface area contributed by atoms with Crippen LogP contribution in [0.4, 0.5) is 0 Å². The summed E-state index contributed by atoms with van der Waals surface area (Å²) in [5.74, 6) is 2.36. The summed E-state index contributed by atoms with van der Waals surface area (Å²) in [6.07, 6.45) is 0. The molecule has 2 rings (SSSR count). The molecule has 100 valence electrons.